The van der Waals surface area contributed by atoms with Gasteiger partial charge >= 0.3 is 0 Å². The standard InChI is InChI=1S/C31H29N3O2S2/c1-19-14-15-24-27(16-19)38-29-28(24)30(36)34(23-12-8-5-9-13-23)31(32-29)37-18-26(35)25-17-20(2)33(21(25)3)22-10-6-4-7-11-22/h4-13,17,19H,14-16,18H2,1-3H3/t19-/m0/s1. The van der Waals surface area contributed by atoms with Gasteiger partial charge in [-0.15, -0.1) is 11.3 Å². The van der Waals surface area contributed by atoms with E-state index in [-0.39, 0.29) is 17.1 Å². The molecule has 0 saturated carbocycles. The lowest BCUT2D eigenvalue weighted by atomic mass is 9.89. The van der Waals surface area contributed by atoms with E-state index >= 15 is 0 Å². The van der Waals surface area contributed by atoms with Crippen LogP contribution in [-0.2, 0) is 12.8 Å². The first-order valence-electron chi connectivity index (χ1n) is 13.0. The van der Waals surface area contributed by atoms with Gasteiger partial charge in [0.25, 0.3) is 5.56 Å². The number of para-hydroxylation sites is 2. The number of ketones is 1. The van der Waals surface area contributed by atoms with Gasteiger partial charge in [0.05, 0.1) is 16.8 Å². The number of hydrogen-bond donors (Lipinski definition) is 0. The topological polar surface area (TPSA) is 56.9 Å². The van der Waals surface area contributed by atoms with Gasteiger partial charge in [-0.3, -0.25) is 14.2 Å². The highest BCUT2D eigenvalue weighted by Crippen LogP contribution is 2.37. The van der Waals surface area contributed by atoms with Crippen LogP contribution in [0.1, 0.15) is 45.5 Å². The Morgan fingerprint density at radius 1 is 1.03 bits per heavy atom. The van der Waals surface area contributed by atoms with Crippen LogP contribution in [0.5, 0.6) is 0 Å². The van der Waals surface area contributed by atoms with Crippen molar-refractivity contribution in [3.63, 3.8) is 0 Å². The van der Waals surface area contributed by atoms with Gasteiger partial charge in [-0.05, 0) is 74.9 Å². The fourth-order valence-electron chi connectivity index (χ4n) is 5.50. The number of hydrogen-bond acceptors (Lipinski definition) is 5. The van der Waals surface area contributed by atoms with E-state index in [2.05, 4.69) is 11.5 Å². The molecule has 1 aliphatic rings. The van der Waals surface area contributed by atoms with Gasteiger partial charge in [-0.2, -0.15) is 0 Å². The summed E-state index contributed by atoms with van der Waals surface area (Å²) in [7, 11) is 0. The lowest BCUT2D eigenvalue weighted by Crippen LogP contribution is -2.23. The molecule has 7 heteroatoms. The van der Waals surface area contributed by atoms with Crippen LogP contribution in [0.2, 0.25) is 0 Å². The van der Waals surface area contributed by atoms with Crippen molar-refractivity contribution in [2.75, 3.05) is 5.75 Å². The maximum Gasteiger partial charge on any atom is 0.267 e. The Labute approximate surface area is 230 Å². The minimum Gasteiger partial charge on any atom is -0.318 e. The molecule has 0 amide bonds. The number of carbonyl (C=O) groups is 1. The second-order valence-electron chi connectivity index (χ2n) is 10.1. The largest absolute Gasteiger partial charge is 0.318 e. The third-order valence-corrected chi connectivity index (χ3v) is 9.48. The summed E-state index contributed by atoms with van der Waals surface area (Å²) < 4.78 is 3.80. The number of nitrogens with zero attached hydrogens (tertiary/aromatic N) is 3. The number of Topliss-reactive ketones (excluding diaryl/α,β-unsaturated/α-hetero) is 1. The second-order valence-corrected chi connectivity index (χ2v) is 12.1. The summed E-state index contributed by atoms with van der Waals surface area (Å²) in [6.45, 7) is 6.27. The van der Waals surface area contributed by atoms with Crippen molar-refractivity contribution in [3.8, 4) is 11.4 Å². The van der Waals surface area contributed by atoms with Gasteiger partial charge in [-0.1, -0.05) is 55.1 Å². The van der Waals surface area contributed by atoms with Crippen LogP contribution in [0.3, 0.4) is 0 Å². The zero-order valence-electron chi connectivity index (χ0n) is 21.7. The van der Waals surface area contributed by atoms with Gasteiger partial charge < -0.3 is 4.57 Å². The highest BCUT2D eigenvalue weighted by Gasteiger charge is 2.26. The van der Waals surface area contributed by atoms with Crippen molar-refractivity contribution in [1.29, 1.82) is 0 Å². The van der Waals surface area contributed by atoms with Gasteiger partial charge in [0.1, 0.15) is 4.83 Å². The molecule has 3 aromatic heterocycles. The van der Waals surface area contributed by atoms with Crippen molar-refractivity contribution in [1.82, 2.24) is 14.1 Å². The predicted molar refractivity (Wildman–Crippen MR) is 157 cm³/mol. The third kappa shape index (κ3) is 4.33. The van der Waals surface area contributed by atoms with Crippen LogP contribution in [0.4, 0.5) is 0 Å². The summed E-state index contributed by atoms with van der Waals surface area (Å²) in [5.74, 6) is 0.846. The van der Waals surface area contributed by atoms with Crippen molar-refractivity contribution in [2.45, 2.75) is 45.2 Å². The van der Waals surface area contributed by atoms with E-state index in [0.717, 1.165) is 52.2 Å². The Bertz CT molecular complexity index is 1720. The SMILES string of the molecule is Cc1cc(C(=O)CSc2nc3sc4c(c3c(=O)n2-c2ccccc2)CC[C@H](C)C4)c(C)n1-c1ccccc1. The second kappa shape index (κ2) is 10.0. The van der Waals surface area contributed by atoms with Gasteiger partial charge in [-0.25, -0.2) is 4.98 Å². The van der Waals surface area contributed by atoms with E-state index in [4.69, 9.17) is 4.98 Å². The maximum atomic E-state index is 14.0. The highest BCUT2D eigenvalue weighted by molar-refractivity contribution is 7.99. The molecule has 0 unspecified atom stereocenters. The smallest absolute Gasteiger partial charge is 0.267 e. The third-order valence-electron chi connectivity index (χ3n) is 7.39. The van der Waals surface area contributed by atoms with E-state index in [1.807, 2.05) is 80.6 Å². The number of rotatable bonds is 6. The first kappa shape index (κ1) is 24.9. The summed E-state index contributed by atoms with van der Waals surface area (Å²) in [6, 6.07) is 21.7. The molecule has 6 rings (SSSR count). The van der Waals surface area contributed by atoms with Crippen molar-refractivity contribution >= 4 is 39.1 Å². The van der Waals surface area contributed by atoms with Gasteiger partial charge in [0.15, 0.2) is 10.9 Å². The zero-order valence-corrected chi connectivity index (χ0v) is 23.4. The molecule has 3 heterocycles. The van der Waals surface area contributed by atoms with Gasteiger partial charge in [0, 0.05) is 27.5 Å². The Morgan fingerprint density at radius 3 is 2.37 bits per heavy atom. The quantitative estimate of drug-likeness (QED) is 0.133. The summed E-state index contributed by atoms with van der Waals surface area (Å²) in [6.07, 6.45) is 3.01. The van der Waals surface area contributed by atoms with Crippen LogP contribution >= 0.6 is 23.1 Å². The summed E-state index contributed by atoms with van der Waals surface area (Å²) in [5, 5.41) is 1.31. The van der Waals surface area contributed by atoms with Crippen molar-refractivity contribution < 1.29 is 4.79 Å². The number of thiophene rings is 1. The van der Waals surface area contributed by atoms with Crippen molar-refractivity contribution in [2.24, 2.45) is 5.92 Å². The number of aryl methyl sites for hydroxylation is 2. The highest BCUT2D eigenvalue weighted by atomic mass is 32.2. The molecule has 0 saturated heterocycles. The van der Waals surface area contributed by atoms with Crippen molar-refractivity contribution in [3.05, 3.63) is 104 Å². The van der Waals surface area contributed by atoms with Crippen LogP contribution < -0.4 is 5.56 Å². The van der Waals surface area contributed by atoms with Gasteiger partial charge in [0.2, 0.25) is 0 Å². The fourth-order valence-corrected chi connectivity index (χ4v) is 7.82. The molecular formula is C31H29N3O2S2. The van der Waals surface area contributed by atoms with Crippen LogP contribution in [0.25, 0.3) is 21.6 Å². The lowest BCUT2D eigenvalue weighted by Gasteiger charge is -2.17. The molecule has 0 fully saturated rings. The average molecular weight is 540 g/mol. The van der Waals surface area contributed by atoms with Crippen LogP contribution in [-0.4, -0.2) is 25.7 Å². The minimum absolute atomic E-state index is 0.0264. The van der Waals surface area contributed by atoms with E-state index in [9.17, 15) is 9.59 Å². The number of thioether (sulfide) groups is 1. The molecule has 2 aromatic carbocycles. The summed E-state index contributed by atoms with van der Waals surface area (Å²) >= 11 is 2.99. The molecule has 0 radical (unpaired) electrons. The Balaban J connectivity index is 1.38. The maximum absolute atomic E-state index is 14.0. The van der Waals surface area contributed by atoms with Crippen LogP contribution in [0.15, 0.2) is 76.7 Å². The zero-order chi connectivity index (χ0) is 26.4. The molecule has 1 atom stereocenters. The number of aromatic nitrogens is 3. The summed E-state index contributed by atoms with van der Waals surface area (Å²) in [4.78, 5) is 34.5. The first-order chi connectivity index (χ1) is 18.4. The minimum atomic E-state index is -0.0366. The molecule has 192 valence electrons. The summed E-state index contributed by atoms with van der Waals surface area (Å²) in [5.41, 5.74) is 5.58. The molecule has 1 aliphatic carbocycles. The van der Waals surface area contributed by atoms with E-state index in [1.54, 1.807) is 15.9 Å². The molecule has 0 bridgehead atoms. The molecule has 0 spiro atoms. The van der Waals surface area contributed by atoms with E-state index in [0.29, 0.717) is 16.6 Å². The number of fused-ring (bicyclic) bond motifs is 3. The Kier molecular flexibility index (Phi) is 6.58. The first-order valence-corrected chi connectivity index (χ1v) is 14.8. The molecular weight excluding hydrogens is 510 g/mol. The van der Waals surface area contributed by atoms with E-state index < -0.39 is 0 Å². The average Bonchev–Trinajstić information content (AvgIpc) is 3.43. The Morgan fingerprint density at radius 2 is 1.68 bits per heavy atom. The normalized spacial score (nSPS) is 15.1. The molecule has 38 heavy (non-hydrogen) atoms. The predicted octanol–water partition coefficient (Wildman–Crippen LogP) is 6.95. The lowest BCUT2D eigenvalue weighted by molar-refractivity contribution is 0.102. The molecule has 0 aliphatic heterocycles. The molecule has 0 N–H and O–H groups in total. The molecule has 5 nitrogen and oxygen atoms in total. The monoisotopic (exact) mass is 539 g/mol. The number of benzene rings is 2. The van der Waals surface area contributed by atoms with Crippen LogP contribution in [0, 0.1) is 19.8 Å². The van der Waals surface area contributed by atoms with E-state index in [1.165, 1.54) is 22.2 Å². The number of carbonyl (C=O) groups excluding carboxylic acids is 1. The molecule has 5 aromatic rings. The Hall–Kier alpha value is -3.42. The fraction of sp³-hybridized carbons (Fsp3) is 0.258.